The molecule has 1 aromatic rings. The zero-order valence-corrected chi connectivity index (χ0v) is 13.1. The van der Waals surface area contributed by atoms with Crippen LogP contribution < -0.4 is 15.8 Å². The molecule has 1 amide bonds. The fraction of sp³-hybridized carbons (Fsp3) is 0.500. The molecule has 0 atom stereocenters. The standard InChI is InChI=1S/C14H23N3O3S/c1-2-3-9-17-14(18)11-16-10-8-12-4-6-13(7-5-12)21(15,19)20/h4-7,16H,2-3,8-11H2,1H3,(H,17,18)(H2,15,19,20). The molecule has 4 N–H and O–H groups in total. The molecule has 0 aliphatic rings. The maximum absolute atomic E-state index is 11.4. The number of hydrogen-bond acceptors (Lipinski definition) is 4. The molecule has 6 nitrogen and oxygen atoms in total. The molecule has 0 fully saturated rings. The van der Waals surface area contributed by atoms with Crippen LogP contribution in [0.2, 0.25) is 0 Å². The zero-order valence-electron chi connectivity index (χ0n) is 12.3. The second-order valence-electron chi connectivity index (χ2n) is 4.82. The van der Waals surface area contributed by atoms with E-state index >= 15 is 0 Å². The lowest BCUT2D eigenvalue weighted by Crippen LogP contribution is -2.35. The van der Waals surface area contributed by atoms with Crippen molar-refractivity contribution < 1.29 is 13.2 Å². The number of carbonyl (C=O) groups excluding carboxylic acids is 1. The highest BCUT2D eigenvalue weighted by Gasteiger charge is 2.06. The highest BCUT2D eigenvalue weighted by atomic mass is 32.2. The molecule has 7 heteroatoms. The fourth-order valence-electron chi connectivity index (χ4n) is 1.75. The Morgan fingerprint density at radius 3 is 2.43 bits per heavy atom. The molecule has 1 aromatic carbocycles. The lowest BCUT2D eigenvalue weighted by Gasteiger charge is -2.06. The van der Waals surface area contributed by atoms with Crippen LogP contribution in [0.5, 0.6) is 0 Å². The summed E-state index contributed by atoms with van der Waals surface area (Å²) in [7, 11) is -3.64. The van der Waals surface area contributed by atoms with Crippen molar-refractivity contribution in [1.82, 2.24) is 10.6 Å². The van der Waals surface area contributed by atoms with Crippen molar-refractivity contribution in [3.8, 4) is 0 Å². The van der Waals surface area contributed by atoms with Gasteiger partial charge >= 0.3 is 0 Å². The third-order valence-electron chi connectivity index (χ3n) is 2.98. The Morgan fingerprint density at radius 1 is 1.19 bits per heavy atom. The van der Waals surface area contributed by atoms with E-state index in [0.717, 1.165) is 18.4 Å². The van der Waals surface area contributed by atoms with E-state index < -0.39 is 10.0 Å². The first-order chi connectivity index (χ1) is 9.93. The van der Waals surface area contributed by atoms with Crippen LogP contribution in [0.15, 0.2) is 29.2 Å². The first kappa shape index (κ1) is 17.6. The van der Waals surface area contributed by atoms with Crippen LogP contribution in [0.1, 0.15) is 25.3 Å². The van der Waals surface area contributed by atoms with Crippen LogP contribution in [-0.4, -0.2) is 34.0 Å². The molecule has 21 heavy (non-hydrogen) atoms. The topological polar surface area (TPSA) is 101 Å². The molecule has 0 radical (unpaired) electrons. The predicted octanol–water partition coefficient (Wildman–Crippen LogP) is 0.382. The van der Waals surface area contributed by atoms with Gasteiger partial charge in [-0.25, -0.2) is 13.6 Å². The number of unbranched alkanes of at least 4 members (excludes halogenated alkanes) is 1. The summed E-state index contributed by atoms with van der Waals surface area (Å²) >= 11 is 0. The number of benzene rings is 1. The van der Waals surface area contributed by atoms with Crippen molar-refractivity contribution in [3.63, 3.8) is 0 Å². The molecule has 0 aliphatic carbocycles. The molecular weight excluding hydrogens is 290 g/mol. The van der Waals surface area contributed by atoms with Gasteiger partial charge in [-0.05, 0) is 37.1 Å². The molecular formula is C14H23N3O3S. The van der Waals surface area contributed by atoms with Crippen LogP contribution in [0.3, 0.4) is 0 Å². The van der Waals surface area contributed by atoms with Gasteiger partial charge < -0.3 is 10.6 Å². The van der Waals surface area contributed by atoms with Crippen molar-refractivity contribution >= 4 is 15.9 Å². The molecule has 0 saturated carbocycles. The molecule has 0 saturated heterocycles. The largest absolute Gasteiger partial charge is 0.355 e. The van der Waals surface area contributed by atoms with E-state index in [0.29, 0.717) is 26.1 Å². The number of rotatable bonds is 9. The van der Waals surface area contributed by atoms with Crippen LogP contribution in [0, 0.1) is 0 Å². The van der Waals surface area contributed by atoms with Gasteiger partial charge in [0.05, 0.1) is 11.4 Å². The second-order valence-corrected chi connectivity index (χ2v) is 6.38. The monoisotopic (exact) mass is 313 g/mol. The summed E-state index contributed by atoms with van der Waals surface area (Å²) in [6.07, 6.45) is 2.76. The Morgan fingerprint density at radius 2 is 1.86 bits per heavy atom. The Hall–Kier alpha value is -1.44. The van der Waals surface area contributed by atoms with Gasteiger partial charge in [-0.3, -0.25) is 4.79 Å². The maximum Gasteiger partial charge on any atom is 0.238 e. The summed E-state index contributed by atoms with van der Waals surface area (Å²) < 4.78 is 22.2. The average Bonchev–Trinajstić information content (AvgIpc) is 2.43. The summed E-state index contributed by atoms with van der Waals surface area (Å²) in [5.74, 6) is -0.00646. The van der Waals surface area contributed by atoms with Crippen LogP contribution in [0.25, 0.3) is 0 Å². The van der Waals surface area contributed by atoms with Gasteiger partial charge in [-0.2, -0.15) is 0 Å². The van der Waals surface area contributed by atoms with Crippen molar-refractivity contribution in [2.75, 3.05) is 19.6 Å². The SMILES string of the molecule is CCCCNC(=O)CNCCc1ccc(S(N)(=O)=O)cc1. The molecule has 0 aromatic heterocycles. The lowest BCUT2D eigenvalue weighted by atomic mass is 10.1. The second kappa shape index (κ2) is 8.76. The van der Waals surface area contributed by atoms with E-state index in [1.54, 1.807) is 12.1 Å². The number of hydrogen-bond donors (Lipinski definition) is 3. The number of sulfonamides is 1. The minimum atomic E-state index is -3.64. The van der Waals surface area contributed by atoms with Gasteiger partial charge in [0.25, 0.3) is 0 Å². The highest BCUT2D eigenvalue weighted by Crippen LogP contribution is 2.08. The van der Waals surface area contributed by atoms with Gasteiger partial charge in [-0.15, -0.1) is 0 Å². The molecule has 0 bridgehead atoms. The fourth-order valence-corrected chi connectivity index (χ4v) is 2.26. The summed E-state index contributed by atoms with van der Waals surface area (Å²) in [5.41, 5.74) is 0.987. The van der Waals surface area contributed by atoms with Crippen LogP contribution >= 0.6 is 0 Å². The van der Waals surface area contributed by atoms with Crippen molar-refractivity contribution in [2.45, 2.75) is 31.1 Å². The number of nitrogens with one attached hydrogen (secondary N) is 2. The van der Waals surface area contributed by atoms with E-state index in [-0.39, 0.29) is 10.8 Å². The normalized spacial score (nSPS) is 11.3. The Labute approximate surface area is 126 Å². The third-order valence-corrected chi connectivity index (χ3v) is 3.91. The number of primary sulfonamides is 1. The van der Waals surface area contributed by atoms with E-state index in [9.17, 15) is 13.2 Å². The summed E-state index contributed by atoms with van der Waals surface area (Å²) in [4.78, 5) is 11.5. The Kier molecular flexibility index (Phi) is 7.35. The smallest absolute Gasteiger partial charge is 0.238 e. The first-order valence-electron chi connectivity index (χ1n) is 7.02. The molecule has 1 rings (SSSR count). The number of nitrogens with two attached hydrogens (primary N) is 1. The van der Waals surface area contributed by atoms with E-state index in [1.807, 2.05) is 0 Å². The van der Waals surface area contributed by atoms with Gasteiger partial charge in [-0.1, -0.05) is 25.5 Å². The number of carbonyl (C=O) groups is 1. The quantitative estimate of drug-likeness (QED) is 0.574. The summed E-state index contributed by atoms with van der Waals surface area (Å²) in [6, 6.07) is 6.43. The van der Waals surface area contributed by atoms with Gasteiger partial charge in [0.15, 0.2) is 0 Å². The van der Waals surface area contributed by atoms with E-state index in [1.165, 1.54) is 12.1 Å². The molecule has 0 spiro atoms. The van der Waals surface area contributed by atoms with Crippen LogP contribution in [0.4, 0.5) is 0 Å². The third kappa shape index (κ3) is 7.22. The lowest BCUT2D eigenvalue weighted by molar-refractivity contribution is -0.120. The zero-order chi connectivity index (χ0) is 15.7. The maximum atomic E-state index is 11.4. The van der Waals surface area contributed by atoms with Crippen molar-refractivity contribution in [2.24, 2.45) is 5.14 Å². The molecule has 118 valence electrons. The molecule has 0 aliphatic heterocycles. The summed E-state index contributed by atoms with van der Waals surface area (Å²) in [5, 5.41) is 10.9. The van der Waals surface area contributed by atoms with Crippen molar-refractivity contribution in [3.05, 3.63) is 29.8 Å². The summed E-state index contributed by atoms with van der Waals surface area (Å²) in [6.45, 7) is 3.73. The Balaban J connectivity index is 2.25. The Bertz CT molecular complexity index is 541. The highest BCUT2D eigenvalue weighted by molar-refractivity contribution is 7.89. The molecule has 0 heterocycles. The minimum Gasteiger partial charge on any atom is -0.355 e. The minimum absolute atomic E-state index is 0.00646. The van der Waals surface area contributed by atoms with Crippen LogP contribution in [-0.2, 0) is 21.2 Å². The number of amides is 1. The van der Waals surface area contributed by atoms with Crippen molar-refractivity contribution in [1.29, 1.82) is 0 Å². The van der Waals surface area contributed by atoms with E-state index in [4.69, 9.17) is 5.14 Å². The average molecular weight is 313 g/mol. The van der Waals surface area contributed by atoms with E-state index in [2.05, 4.69) is 17.6 Å². The van der Waals surface area contributed by atoms with Gasteiger partial charge in [0.2, 0.25) is 15.9 Å². The predicted molar refractivity (Wildman–Crippen MR) is 82.3 cm³/mol. The molecule has 0 unspecified atom stereocenters. The van der Waals surface area contributed by atoms with Gasteiger partial charge in [0.1, 0.15) is 0 Å². The van der Waals surface area contributed by atoms with Gasteiger partial charge in [0, 0.05) is 6.54 Å². The first-order valence-corrected chi connectivity index (χ1v) is 8.57.